The van der Waals surface area contributed by atoms with Crippen LogP contribution < -0.4 is 15.6 Å². The van der Waals surface area contributed by atoms with Crippen molar-refractivity contribution in [2.45, 2.75) is 32.6 Å². The van der Waals surface area contributed by atoms with Gasteiger partial charge in [-0.3, -0.25) is 30.6 Å². The van der Waals surface area contributed by atoms with Gasteiger partial charge in [0, 0.05) is 23.3 Å². The number of hydrogen-bond donors (Lipinski definition) is 2. The first-order valence-electron chi connectivity index (χ1n) is 9.09. The number of carbonyl (C=O) groups excluding carboxylic acids is 2. The van der Waals surface area contributed by atoms with Gasteiger partial charge in [0.15, 0.2) is 0 Å². The van der Waals surface area contributed by atoms with Crippen LogP contribution in [0, 0.1) is 10.1 Å². The number of unbranched alkanes of at least 4 members (excludes halogenated alkanes) is 3. The molecule has 0 saturated heterocycles. The molecule has 0 heterocycles. The van der Waals surface area contributed by atoms with Crippen molar-refractivity contribution in [3.05, 3.63) is 69.8 Å². The van der Waals surface area contributed by atoms with Crippen LogP contribution in [-0.2, 0) is 0 Å². The van der Waals surface area contributed by atoms with E-state index < -0.39 is 16.7 Å². The Kier molecular flexibility index (Phi) is 7.95. The smallest absolute Gasteiger partial charge is 0.269 e. The van der Waals surface area contributed by atoms with E-state index >= 15 is 0 Å². The van der Waals surface area contributed by atoms with Gasteiger partial charge in [0.2, 0.25) is 0 Å². The Morgan fingerprint density at radius 2 is 1.43 bits per heavy atom. The van der Waals surface area contributed by atoms with Crippen LogP contribution in [0.15, 0.2) is 48.5 Å². The highest BCUT2D eigenvalue weighted by Crippen LogP contribution is 2.14. The highest BCUT2D eigenvalue weighted by Gasteiger charge is 2.11. The summed E-state index contributed by atoms with van der Waals surface area (Å²) in [7, 11) is 0. The summed E-state index contributed by atoms with van der Waals surface area (Å²) in [6, 6.07) is 11.7. The van der Waals surface area contributed by atoms with Crippen molar-refractivity contribution in [3.8, 4) is 5.75 Å². The molecule has 0 saturated carbocycles. The van der Waals surface area contributed by atoms with E-state index in [4.69, 9.17) is 4.74 Å². The van der Waals surface area contributed by atoms with Gasteiger partial charge < -0.3 is 4.74 Å². The first kappa shape index (κ1) is 20.9. The van der Waals surface area contributed by atoms with Crippen molar-refractivity contribution in [2.75, 3.05) is 6.61 Å². The Bertz CT molecular complexity index is 804. The largest absolute Gasteiger partial charge is 0.494 e. The number of nitrogens with one attached hydrogen (secondary N) is 2. The lowest BCUT2D eigenvalue weighted by molar-refractivity contribution is -0.384. The van der Waals surface area contributed by atoms with Gasteiger partial charge in [-0.15, -0.1) is 0 Å². The predicted octanol–water partition coefficient (Wildman–Crippen LogP) is 3.63. The second-order valence-electron chi connectivity index (χ2n) is 6.15. The van der Waals surface area contributed by atoms with Crippen molar-refractivity contribution in [2.24, 2.45) is 0 Å². The molecule has 8 nitrogen and oxygen atoms in total. The monoisotopic (exact) mass is 385 g/mol. The molecule has 8 heteroatoms. The van der Waals surface area contributed by atoms with E-state index in [1.54, 1.807) is 24.3 Å². The summed E-state index contributed by atoms with van der Waals surface area (Å²) in [4.78, 5) is 34.2. The molecule has 2 aromatic rings. The van der Waals surface area contributed by atoms with Gasteiger partial charge >= 0.3 is 0 Å². The normalized spacial score (nSPS) is 10.2. The number of carbonyl (C=O) groups is 2. The number of benzene rings is 2. The molecule has 0 unspecified atom stereocenters. The molecule has 0 radical (unpaired) electrons. The summed E-state index contributed by atoms with van der Waals surface area (Å²) in [5.74, 6) is -0.372. The number of amides is 2. The number of ether oxygens (including phenoxy) is 1. The molecule has 2 N–H and O–H groups in total. The van der Waals surface area contributed by atoms with E-state index in [1.807, 2.05) is 0 Å². The van der Waals surface area contributed by atoms with E-state index in [1.165, 1.54) is 37.1 Å². The Labute approximate surface area is 163 Å². The maximum Gasteiger partial charge on any atom is 0.269 e. The number of hydrazine groups is 1. The number of nitrogens with zero attached hydrogens (tertiary/aromatic N) is 1. The number of hydrogen-bond acceptors (Lipinski definition) is 5. The van der Waals surface area contributed by atoms with Crippen molar-refractivity contribution >= 4 is 17.5 Å². The zero-order valence-corrected chi connectivity index (χ0v) is 15.6. The zero-order valence-electron chi connectivity index (χ0n) is 15.6. The third kappa shape index (κ3) is 6.39. The maximum atomic E-state index is 12.1. The minimum atomic E-state index is -0.574. The third-order valence-electron chi connectivity index (χ3n) is 4.01. The van der Waals surface area contributed by atoms with E-state index in [9.17, 15) is 19.7 Å². The fourth-order valence-electron chi connectivity index (χ4n) is 2.41. The van der Waals surface area contributed by atoms with Gasteiger partial charge in [0.05, 0.1) is 11.5 Å². The molecular formula is C20H23N3O5. The van der Waals surface area contributed by atoms with Crippen LogP contribution in [0.4, 0.5) is 5.69 Å². The van der Waals surface area contributed by atoms with Crippen LogP contribution in [0.2, 0.25) is 0 Å². The van der Waals surface area contributed by atoms with Gasteiger partial charge in [-0.25, -0.2) is 0 Å². The lowest BCUT2D eigenvalue weighted by atomic mass is 10.2. The molecule has 0 bridgehead atoms. The van der Waals surface area contributed by atoms with E-state index in [0.29, 0.717) is 17.9 Å². The van der Waals surface area contributed by atoms with Crippen molar-refractivity contribution < 1.29 is 19.2 Å². The van der Waals surface area contributed by atoms with Crippen LogP contribution in [0.3, 0.4) is 0 Å². The van der Waals surface area contributed by atoms with E-state index in [0.717, 1.165) is 12.8 Å². The highest BCUT2D eigenvalue weighted by molar-refractivity contribution is 5.99. The molecule has 0 aliphatic heterocycles. The Morgan fingerprint density at radius 3 is 1.93 bits per heavy atom. The SMILES string of the molecule is CCCCCCOc1ccc(C(=O)NNC(=O)c2ccc([N+](=O)[O-])cc2)cc1. The number of non-ortho nitro benzene ring substituents is 1. The van der Waals surface area contributed by atoms with Gasteiger partial charge in [-0.1, -0.05) is 26.2 Å². The summed E-state index contributed by atoms with van der Waals surface area (Å²) in [6.07, 6.45) is 4.48. The second kappa shape index (κ2) is 10.7. The van der Waals surface area contributed by atoms with E-state index in [2.05, 4.69) is 17.8 Å². The van der Waals surface area contributed by atoms with Gasteiger partial charge in [-0.2, -0.15) is 0 Å². The topological polar surface area (TPSA) is 111 Å². The number of nitro benzene ring substituents is 1. The molecule has 0 aliphatic rings. The van der Waals surface area contributed by atoms with E-state index in [-0.39, 0.29) is 11.3 Å². The van der Waals surface area contributed by atoms with Crippen LogP contribution >= 0.6 is 0 Å². The van der Waals surface area contributed by atoms with Crippen molar-refractivity contribution in [1.29, 1.82) is 0 Å². The maximum absolute atomic E-state index is 12.1. The molecule has 0 fully saturated rings. The minimum Gasteiger partial charge on any atom is -0.494 e. The first-order chi connectivity index (χ1) is 13.5. The molecule has 2 amide bonds. The van der Waals surface area contributed by atoms with Crippen LogP contribution in [0.5, 0.6) is 5.75 Å². The predicted molar refractivity (Wildman–Crippen MR) is 104 cm³/mol. The Balaban J connectivity index is 1.80. The molecule has 0 spiro atoms. The van der Waals surface area contributed by atoms with Crippen molar-refractivity contribution in [3.63, 3.8) is 0 Å². The molecular weight excluding hydrogens is 362 g/mol. The third-order valence-corrected chi connectivity index (χ3v) is 4.01. The summed E-state index contributed by atoms with van der Waals surface area (Å²) >= 11 is 0. The average Bonchev–Trinajstić information content (AvgIpc) is 2.72. The number of nitro groups is 1. The van der Waals surface area contributed by atoms with Crippen LogP contribution in [-0.4, -0.2) is 23.3 Å². The van der Waals surface area contributed by atoms with Gasteiger partial charge in [0.1, 0.15) is 5.75 Å². The summed E-state index contributed by atoms with van der Waals surface area (Å²) in [5, 5.41) is 10.6. The van der Waals surface area contributed by atoms with Crippen LogP contribution in [0.25, 0.3) is 0 Å². The fraction of sp³-hybridized carbons (Fsp3) is 0.300. The standard InChI is InChI=1S/C20H23N3O5/c1-2-3-4-5-14-28-18-12-8-16(9-13-18)20(25)22-21-19(24)15-6-10-17(11-7-15)23(26)27/h6-13H,2-5,14H2,1H3,(H,21,24)(H,22,25). The zero-order chi connectivity index (χ0) is 20.4. The Hall–Kier alpha value is -3.42. The fourth-order valence-corrected chi connectivity index (χ4v) is 2.41. The lowest BCUT2D eigenvalue weighted by Crippen LogP contribution is -2.41. The lowest BCUT2D eigenvalue weighted by Gasteiger charge is -2.09. The molecule has 2 rings (SSSR count). The molecule has 148 valence electrons. The van der Waals surface area contributed by atoms with Crippen LogP contribution in [0.1, 0.15) is 53.3 Å². The molecule has 0 atom stereocenters. The highest BCUT2D eigenvalue weighted by atomic mass is 16.6. The second-order valence-corrected chi connectivity index (χ2v) is 6.15. The average molecular weight is 385 g/mol. The molecule has 2 aromatic carbocycles. The molecule has 28 heavy (non-hydrogen) atoms. The molecule has 0 aliphatic carbocycles. The van der Waals surface area contributed by atoms with Crippen molar-refractivity contribution in [1.82, 2.24) is 10.9 Å². The summed E-state index contributed by atoms with van der Waals surface area (Å²) in [5.41, 5.74) is 5.02. The van der Waals surface area contributed by atoms with Gasteiger partial charge in [-0.05, 0) is 42.8 Å². The molecule has 0 aromatic heterocycles. The Morgan fingerprint density at radius 1 is 0.893 bits per heavy atom. The quantitative estimate of drug-likeness (QED) is 0.389. The number of rotatable bonds is 9. The van der Waals surface area contributed by atoms with Gasteiger partial charge in [0.25, 0.3) is 17.5 Å². The first-order valence-corrected chi connectivity index (χ1v) is 9.09. The minimum absolute atomic E-state index is 0.117. The summed E-state index contributed by atoms with van der Waals surface area (Å²) < 4.78 is 5.62. The summed E-state index contributed by atoms with van der Waals surface area (Å²) in [6.45, 7) is 2.79.